The van der Waals surface area contributed by atoms with Crippen LogP contribution in [0.1, 0.15) is 52.6 Å². The van der Waals surface area contributed by atoms with E-state index in [1.54, 1.807) is 13.0 Å². The van der Waals surface area contributed by atoms with E-state index in [1.807, 2.05) is 20.8 Å². The van der Waals surface area contributed by atoms with Crippen molar-refractivity contribution in [3.63, 3.8) is 0 Å². The molecule has 0 heterocycles. The summed E-state index contributed by atoms with van der Waals surface area (Å²) < 4.78 is 5.70. The average Bonchev–Trinajstić information content (AvgIpc) is 2.33. The summed E-state index contributed by atoms with van der Waals surface area (Å²) in [6.45, 7) is 7.75. The molecule has 0 bridgehead atoms. The van der Waals surface area contributed by atoms with Crippen molar-refractivity contribution in [2.24, 2.45) is 5.92 Å². The lowest BCUT2D eigenvalue weighted by Gasteiger charge is -2.16. The molecule has 0 unspecified atom stereocenters. The minimum atomic E-state index is -1.11. The van der Waals surface area contributed by atoms with Gasteiger partial charge in [0.15, 0.2) is 0 Å². The van der Waals surface area contributed by atoms with Gasteiger partial charge in [-0.15, -0.1) is 0 Å². The van der Waals surface area contributed by atoms with Crippen LogP contribution >= 0.6 is 15.9 Å². The lowest BCUT2D eigenvalue weighted by atomic mass is 9.92. The number of hydrogen-bond acceptors (Lipinski definition) is 3. The summed E-state index contributed by atoms with van der Waals surface area (Å²) in [6, 6.07) is 1.56. The number of ether oxygens (including phenoxy) is 1. The Balaban J connectivity index is 3.55. The number of carboxylic acids is 1. The van der Waals surface area contributed by atoms with Gasteiger partial charge in [-0.05, 0) is 43.4 Å². The summed E-state index contributed by atoms with van der Waals surface area (Å²) in [4.78, 5) is 23.5. The third-order valence-electron chi connectivity index (χ3n) is 2.86. The molecule has 0 atom stereocenters. The molecule has 0 aliphatic carbocycles. The van der Waals surface area contributed by atoms with Gasteiger partial charge in [-0.25, -0.2) is 9.59 Å². The molecule has 0 aliphatic rings. The molecule has 1 N–H and O–H groups in total. The van der Waals surface area contributed by atoms with Gasteiger partial charge in [-0.2, -0.15) is 0 Å². The van der Waals surface area contributed by atoms with Gasteiger partial charge in [0.25, 0.3) is 0 Å². The van der Waals surface area contributed by atoms with Crippen molar-refractivity contribution >= 4 is 27.9 Å². The molecular formula is C15H19BrO4. The fourth-order valence-electron chi connectivity index (χ4n) is 2.08. The van der Waals surface area contributed by atoms with E-state index in [4.69, 9.17) is 4.74 Å². The fraction of sp³-hybridized carbons (Fsp3) is 0.467. The van der Waals surface area contributed by atoms with Crippen LogP contribution in [0.25, 0.3) is 0 Å². The van der Waals surface area contributed by atoms with Gasteiger partial charge in [0.2, 0.25) is 0 Å². The van der Waals surface area contributed by atoms with E-state index in [0.717, 1.165) is 10.0 Å². The monoisotopic (exact) mass is 342 g/mol. The standard InChI is InChI=1S/C15H19BrO4/c1-5-20-15(19)11-7-9(4)13(16)10(6-8(2)3)12(11)14(17)18/h7-8H,5-6H2,1-4H3,(H,17,18). The van der Waals surface area contributed by atoms with Crippen LogP contribution in [-0.4, -0.2) is 23.7 Å². The van der Waals surface area contributed by atoms with Crippen LogP contribution < -0.4 is 0 Å². The van der Waals surface area contributed by atoms with Crippen molar-refractivity contribution in [1.29, 1.82) is 0 Å². The molecule has 0 spiro atoms. The Kier molecular flexibility index (Phi) is 5.74. The van der Waals surface area contributed by atoms with Gasteiger partial charge < -0.3 is 9.84 Å². The second-order valence-corrected chi connectivity index (χ2v) is 5.83. The molecule has 0 saturated carbocycles. The molecule has 1 aromatic rings. The number of rotatable bonds is 5. The largest absolute Gasteiger partial charge is 0.478 e. The van der Waals surface area contributed by atoms with Crippen LogP contribution in [0.2, 0.25) is 0 Å². The van der Waals surface area contributed by atoms with E-state index in [-0.39, 0.29) is 23.7 Å². The smallest absolute Gasteiger partial charge is 0.339 e. The molecule has 0 aliphatic heterocycles. The van der Waals surface area contributed by atoms with E-state index in [9.17, 15) is 14.7 Å². The summed E-state index contributed by atoms with van der Waals surface area (Å²) in [6.07, 6.45) is 0.580. The molecular weight excluding hydrogens is 324 g/mol. The number of carbonyl (C=O) groups excluding carboxylic acids is 1. The molecule has 0 radical (unpaired) electrons. The van der Waals surface area contributed by atoms with Gasteiger partial charge in [-0.3, -0.25) is 0 Å². The Morgan fingerprint density at radius 2 is 2.00 bits per heavy atom. The molecule has 0 aromatic heterocycles. The van der Waals surface area contributed by atoms with Crippen molar-refractivity contribution in [2.45, 2.75) is 34.1 Å². The van der Waals surface area contributed by atoms with Crippen LogP contribution in [-0.2, 0) is 11.2 Å². The fourth-order valence-corrected chi connectivity index (χ4v) is 2.55. The zero-order chi connectivity index (χ0) is 15.4. The molecule has 0 amide bonds. The normalized spacial score (nSPS) is 10.7. The van der Waals surface area contributed by atoms with Gasteiger partial charge in [0.05, 0.1) is 17.7 Å². The molecule has 0 fully saturated rings. The van der Waals surface area contributed by atoms with Crippen molar-refractivity contribution < 1.29 is 19.4 Å². The molecule has 20 heavy (non-hydrogen) atoms. The molecule has 5 heteroatoms. The highest BCUT2D eigenvalue weighted by Gasteiger charge is 2.25. The van der Waals surface area contributed by atoms with Gasteiger partial charge in [0, 0.05) is 4.47 Å². The first-order chi connectivity index (χ1) is 9.29. The molecule has 0 saturated heterocycles. The number of carboxylic acid groups (broad SMARTS) is 1. The topological polar surface area (TPSA) is 63.6 Å². The second-order valence-electron chi connectivity index (χ2n) is 5.03. The predicted molar refractivity (Wildman–Crippen MR) is 80.3 cm³/mol. The van der Waals surface area contributed by atoms with Gasteiger partial charge >= 0.3 is 11.9 Å². The lowest BCUT2D eigenvalue weighted by molar-refractivity contribution is 0.0514. The first kappa shape index (κ1) is 16.7. The maximum absolute atomic E-state index is 12.0. The zero-order valence-electron chi connectivity index (χ0n) is 12.1. The maximum atomic E-state index is 12.0. The number of benzene rings is 1. The Hall–Kier alpha value is -1.36. The SMILES string of the molecule is CCOC(=O)c1cc(C)c(Br)c(CC(C)C)c1C(=O)O. The summed E-state index contributed by atoms with van der Waals surface area (Å²) in [5, 5.41) is 9.46. The molecule has 110 valence electrons. The number of aryl methyl sites for hydroxylation is 1. The number of aromatic carboxylic acids is 1. The minimum Gasteiger partial charge on any atom is -0.478 e. The van der Waals surface area contributed by atoms with Crippen molar-refractivity contribution in [2.75, 3.05) is 6.61 Å². The number of carbonyl (C=O) groups is 2. The number of halogens is 1. The molecule has 4 nitrogen and oxygen atoms in total. The Morgan fingerprint density at radius 1 is 1.40 bits per heavy atom. The highest BCUT2D eigenvalue weighted by atomic mass is 79.9. The van der Waals surface area contributed by atoms with E-state index in [2.05, 4.69) is 15.9 Å². The summed E-state index contributed by atoms with van der Waals surface area (Å²) in [7, 11) is 0. The van der Waals surface area contributed by atoms with Crippen LogP contribution in [0.15, 0.2) is 10.5 Å². The van der Waals surface area contributed by atoms with E-state index in [0.29, 0.717) is 12.0 Å². The first-order valence-corrected chi connectivity index (χ1v) is 7.31. The minimum absolute atomic E-state index is 0.0367. The third kappa shape index (κ3) is 3.60. The van der Waals surface area contributed by atoms with Crippen LogP contribution in [0.3, 0.4) is 0 Å². The Labute approximate surface area is 127 Å². The van der Waals surface area contributed by atoms with Crippen molar-refractivity contribution in [1.82, 2.24) is 0 Å². The second kappa shape index (κ2) is 6.88. The number of hydrogen-bond donors (Lipinski definition) is 1. The first-order valence-electron chi connectivity index (χ1n) is 6.51. The van der Waals surface area contributed by atoms with Crippen molar-refractivity contribution in [3.8, 4) is 0 Å². The zero-order valence-corrected chi connectivity index (χ0v) is 13.7. The summed E-state index contributed by atoms with van der Waals surface area (Å²) >= 11 is 3.43. The highest BCUT2D eigenvalue weighted by molar-refractivity contribution is 9.10. The summed E-state index contributed by atoms with van der Waals surface area (Å²) in [5.41, 5.74) is 1.63. The number of esters is 1. The highest BCUT2D eigenvalue weighted by Crippen LogP contribution is 2.30. The maximum Gasteiger partial charge on any atom is 0.339 e. The Morgan fingerprint density at radius 3 is 2.45 bits per heavy atom. The molecule has 1 aromatic carbocycles. The van der Waals surface area contributed by atoms with Crippen LogP contribution in [0.5, 0.6) is 0 Å². The van der Waals surface area contributed by atoms with Gasteiger partial charge in [-0.1, -0.05) is 29.8 Å². The third-order valence-corrected chi connectivity index (χ3v) is 3.97. The van der Waals surface area contributed by atoms with E-state index in [1.165, 1.54) is 0 Å². The average molecular weight is 343 g/mol. The summed E-state index contributed by atoms with van der Waals surface area (Å²) in [5.74, 6) is -1.42. The lowest BCUT2D eigenvalue weighted by Crippen LogP contribution is -2.16. The molecule has 1 rings (SSSR count). The van der Waals surface area contributed by atoms with Crippen LogP contribution in [0.4, 0.5) is 0 Å². The quantitative estimate of drug-likeness (QED) is 0.826. The van der Waals surface area contributed by atoms with E-state index < -0.39 is 11.9 Å². The predicted octanol–water partition coefficient (Wildman–Crippen LogP) is 3.83. The van der Waals surface area contributed by atoms with Gasteiger partial charge in [0.1, 0.15) is 0 Å². The van der Waals surface area contributed by atoms with E-state index >= 15 is 0 Å². The van der Waals surface area contributed by atoms with Crippen molar-refractivity contribution in [3.05, 3.63) is 32.8 Å². The Bertz CT molecular complexity index is 535. The van der Waals surface area contributed by atoms with Crippen LogP contribution in [0, 0.1) is 12.8 Å².